The Morgan fingerprint density at radius 2 is 2.19 bits per heavy atom. The molecule has 2 fully saturated rings. The van der Waals surface area contributed by atoms with Gasteiger partial charge in [0, 0.05) is 64.6 Å². The van der Waals surface area contributed by atoms with Crippen LogP contribution < -0.4 is 5.32 Å². The summed E-state index contributed by atoms with van der Waals surface area (Å²) in [6.07, 6.45) is 4.18. The van der Waals surface area contributed by atoms with Gasteiger partial charge in [-0.15, -0.1) is 0 Å². The lowest BCUT2D eigenvalue weighted by molar-refractivity contribution is -0.134. The smallest absolute Gasteiger partial charge is 0.224 e. The Morgan fingerprint density at radius 1 is 1.38 bits per heavy atom. The fourth-order valence-corrected chi connectivity index (χ4v) is 3.74. The highest BCUT2D eigenvalue weighted by molar-refractivity contribution is 5.76. The Morgan fingerprint density at radius 3 is 2.88 bits per heavy atom. The van der Waals surface area contributed by atoms with E-state index in [2.05, 4.69) is 15.3 Å². The molecule has 2 amide bonds. The van der Waals surface area contributed by atoms with E-state index in [0.717, 1.165) is 25.2 Å². The summed E-state index contributed by atoms with van der Waals surface area (Å²) in [7, 11) is 5.42. The Labute approximate surface area is 154 Å². The molecular weight excluding hydrogens is 334 g/mol. The second-order valence-corrected chi connectivity index (χ2v) is 7.50. The lowest BCUT2D eigenvalue weighted by Crippen LogP contribution is -2.47. The molecule has 1 aromatic heterocycles. The van der Waals surface area contributed by atoms with Crippen LogP contribution in [0.2, 0.25) is 0 Å². The number of amides is 2. The van der Waals surface area contributed by atoms with E-state index < -0.39 is 0 Å². The summed E-state index contributed by atoms with van der Waals surface area (Å²) in [6.45, 7) is 2.22. The van der Waals surface area contributed by atoms with Crippen LogP contribution in [0.1, 0.15) is 25.0 Å². The highest BCUT2D eigenvalue weighted by Crippen LogP contribution is 2.24. The van der Waals surface area contributed by atoms with Crippen LogP contribution in [0.15, 0.2) is 12.3 Å². The summed E-state index contributed by atoms with van der Waals surface area (Å²) in [5.74, 6) is 0.170. The van der Waals surface area contributed by atoms with Crippen LogP contribution in [0, 0.1) is 0 Å². The van der Waals surface area contributed by atoms with Gasteiger partial charge in [0.15, 0.2) is 0 Å². The molecule has 3 heterocycles. The lowest BCUT2D eigenvalue weighted by Gasteiger charge is -2.35. The highest BCUT2D eigenvalue weighted by atomic mass is 16.5. The number of ether oxygens (including phenoxy) is 1. The van der Waals surface area contributed by atoms with E-state index >= 15 is 0 Å². The molecule has 1 aromatic rings. The van der Waals surface area contributed by atoms with Gasteiger partial charge in [0.1, 0.15) is 0 Å². The van der Waals surface area contributed by atoms with E-state index in [0.29, 0.717) is 31.9 Å². The number of rotatable bonds is 6. The largest absolute Gasteiger partial charge is 0.375 e. The number of fused-ring (bicyclic) bond motifs is 1. The number of nitrogens with one attached hydrogen (secondary N) is 1. The van der Waals surface area contributed by atoms with Gasteiger partial charge < -0.3 is 15.0 Å². The van der Waals surface area contributed by atoms with E-state index in [1.807, 2.05) is 13.1 Å². The third-order valence-electron chi connectivity index (χ3n) is 5.29. The molecule has 0 saturated carbocycles. The zero-order valence-electron chi connectivity index (χ0n) is 15.9. The molecule has 0 unspecified atom stereocenters. The number of hydrogen-bond acceptors (Lipinski definition) is 5. The van der Waals surface area contributed by atoms with Crippen molar-refractivity contribution in [3.63, 3.8) is 0 Å². The monoisotopic (exact) mass is 363 g/mol. The third kappa shape index (κ3) is 4.62. The van der Waals surface area contributed by atoms with E-state index in [1.165, 1.54) is 0 Å². The Balaban J connectivity index is 1.42. The van der Waals surface area contributed by atoms with Gasteiger partial charge >= 0.3 is 0 Å². The minimum Gasteiger partial charge on any atom is -0.375 e. The molecular formula is C18H29N5O3. The van der Waals surface area contributed by atoms with E-state index in [1.54, 1.807) is 29.9 Å². The standard InChI is InChI=1S/C18H29N5O3/c1-21(2)18(25)9-16-11-23-10-13(8-15(23)12-26-16)20-17(24)5-4-14-6-7-19-22(14)3/h6-7,13,15-16H,4-5,8-12H2,1-3H3,(H,20,24)/t13-,15+,16+/m1/s1. The summed E-state index contributed by atoms with van der Waals surface area (Å²) in [5, 5.41) is 7.27. The Kier molecular flexibility index (Phi) is 5.93. The average molecular weight is 363 g/mol. The Hall–Kier alpha value is -1.93. The van der Waals surface area contributed by atoms with E-state index in [9.17, 15) is 9.59 Å². The first-order valence-electron chi connectivity index (χ1n) is 9.24. The molecule has 0 aromatic carbocycles. The van der Waals surface area contributed by atoms with Gasteiger partial charge in [-0.25, -0.2) is 0 Å². The quantitative estimate of drug-likeness (QED) is 0.757. The zero-order chi connectivity index (χ0) is 18.7. The molecule has 2 saturated heterocycles. The molecule has 0 bridgehead atoms. The number of hydrogen-bond donors (Lipinski definition) is 1. The first kappa shape index (κ1) is 18.8. The maximum Gasteiger partial charge on any atom is 0.224 e. The van der Waals surface area contributed by atoms with Crippen molar-refractivity contribution in [2.75, 3.05) is 33.8 Å². The lowest BCUT2D eigenvalue weighted by atomic mass is 10.1. The van der Waals surface area contributed by atoms with Crippen molar-refractivity contribution in [3.05, 3.63) is 18.0 Å². The minimum atomic E-state index is -0.0551. The fraction of sp³-hybridized carbons (Fsp3) is 0.722. The molecule has 2 aliphatic rings. The van der Waals surface area contributed by atoms with Gasteiger partial charge in [-0.05, 0) is 18.9 Å². The predicted octanol–water partition coefficient (Wildman–Crippen LogP) is -0.211. The highest BCUT2D eigenvalue weighted by Gasteiger charge is 2.38. The summed E-state index contributed by atoms with van der Waals surface area (Å²) < 4.78 is 7.67. The number of carbonyl (C=O) groups excluding carboxylic acids is 2. The molecule has 3 rings (SSSR count). The molecule has 26 heavy (non-hydrogen) atoms. The predicted molar refractivity (Wildman–Crippen MR) is 96.5 cm³/mol. The van der Waals surface area contributed by atoms with Crippen molar-refractivity contribution in [1.29, 1.82) is 0 Å². The topological polar surface area (TPSA) is 79.7 Å². The number of morpholine rings is 1. The maximum atomic E-state index is 12.3. The minimum absolute atomic E-state index is 0.0551. The van der Waals surface area contributed by atoms with Crippen molar-refractivity contribution < 1.29 is 14.3 Å². The molecule has 0 aliphatic carbocycles. The van der Waals surface area contributed by atoms with Gasteiger partial charge in [0.05, 0.1) is 19.1 Å². The van der Waals surface area contributed by atoms with E-state index in [-0.39, 0.29) is 24.0 Å². The van der Waals surface area contributed by atoms with Crippen LogP contribution in [0.4, 0.5) is 0 Å². The number of nitrogens with zero attached hydrogens (tertiary/aromatic N) is 4. The number of aromatic nitrogens is 2. The molecule has 144 valence electrons. The van der Waals surface area contributed by atoms with Crippen LogP contribution in [0.5, 0.6) is 0 Å². The first-order chi connectivity index (χ1) is 12.4. The van der Waals surface area contributed by atoms with Crippen molar-refractivity contribution >= 4 is 11.8 Å². The summed E-state index contributed by atoms with van der Waals surface area (Å²) in [6, 6.07) is 2.43. The second kappa shape index (κ2) is 8.18. The van der Waals surface area contributed by atoms with Crippen LogP contribution >= 0.6 is 0 Å². The summed E-state index contributed by atoms with van der Waals surface area (Å²) >= 11 is 0. The van der Waals surface area contributed by atoms with Crippen molar-refractivity contribution in [2.24, 2.45) is 7.05 Å². The van der Waals surface area contributed by atoms with Crippen molar-refractivity contribution in [3.8, 4) is 0 Å². The van der Waals surface area contributed by atoms with Gasteiger partial charge in [-0.1, -0.05) is 0 Å². The zero-order valence-corrected chi connectivity index (χ0v) is 15.9. The second-order valence-electron chi connectivity index (χ2n) is 7.50. The molecule has 1 N–H and O–H groups in total. The van der Waals surface area contributed by atoms with Gasteiger partial charge in [-0.3, -0.25) is 19.2 Å². The van der Waals surface area contributed by atoms with Crippen LogP contribution in [-0.2, 0) is 27.8 Å². The molecule has 0 radical (unpaired) electrons. The summed E-state index contributed by atoms with van der Waals surface area (Å²) in [5.41, 5.74) is 1.06. The Bertz CT molecular complexity index is 645. The summed E-state index contributed by atoms with van der Waals surface area (Å²) in [4.78, 5) is 28.1. The van der Waals surface area contributed by atoms with Crippen LogP contribution in [0.3, 0.4) is 0 Å². The number of aryl methyl sites for hydroxylation is 2. The number of carbonyl (C=O) groups is 2. The molecule has 2 aliphatic heterocycles. The maximum absolute atomic E-state index is 12.3. The van der Waals surface area contributed by atoms with Gasteiger partial charge in [-0.2, -0.15) is 5.10 Å². The molecule has 8 heteroatoms. The van der Waals surface area contributed by atoms with E-state index in [4.69, 9.17) is 4.74 Å². The third-order valence-corrected chi connectivity index (χ3v) is 5.29. The van der Waals surface area contributed by atoms with Crippen molar-refractivity contribution in [2.45, 2.75) is 43.9 Å². The first-order valence-corrected chi connectivity index (χ1v) is 9.24. The molecule has 3 atom stereocenters. The van der Waals surface area contributed by atoms with Gasteiger partial charge in [0.2, 0.25) is 11.8 Å². The normalized spacial score (nSPS) is 25.7. The van der Waals surface area contributed by atoms with Crippen LogP contribution in [-0.4, -0.2) is 83.4 Å². The molecule has 0 spiro atoms. The SMILES string of the molecule is CN(C)C(=O)C[C@H]1CN2C[C@H](NC(=O)CCc3ccnn3C)C[C@H]2CO1. The van der Waals surface area contributed by atoms with Crippen molar-refractivity contribution in [1.82, 2.24) is 24.9 Å². The molecule has 8 nitrogen and oxygen atoms in total. The average Bonchev–Trinajstić information content (AvgIpc) is 3.17. The fourth-order valence-electron chi connectivity index (χ4n) is 3.74. The van der Waals surface area contributed by atoms with Crippen LogP contribution in [0.25, 0.3) is 0 Å². The van der Waals surface area contributed by atoms with Gasteiger partial charge in [0.25, 0.3) is 0 Å².